The van der Waals surface area contributed by atoms with Gasteiger partial charge in [-0.2, -0.15) is 0 Å². The molecule has 1 aliphatic heterocycles. The van der Waals surface area contributed by atoms with Crippen molar-refractivity contribution in [3.05, 3.63) is 47.0 Å². The Labute approximate surface area is 150 Å². The third kappa shape index (κ3) is 3.83. The molecule has 5 nitrogen and oxygen atoms in total. The van der Waals surface area contributed by atoms with Crippen molar-refractivity contribution in [2.45, 2.75) is 19.4 Å². The largest absolute Gasteiger partial charge is 0.496 e. The van der Waals surface area contributed by atoms with Crippen LogP contribution in [-0.2, 0) is 13.0 Å². The molecule has 1 aliphatic rings. The Morgan fingerprint density at radius 1 is 1.08 bits per heavy atom. The minimum Gasteiger partial charge on any atom is -0.496 e. The van der Waals surface area contributed by atoms with Crippen LogP contribution in [0.25, 0.3) is 0 Å². The summed E-state index contributed by atoms with van der Waals surface area (Å²) in [6.45, 7) is 1.49. The summed E-state index contributed by atoms with van der Waals surface area (Å²) in [6, 6.07) is 8.71. The highest BCUT2D eigenvalue weighted by Crippen LogP contribution is 2.36. The van der Waals surface area contributed by atoms with E-state index in [0.29, 0.717) is 25.3 Å². The van der Waals surface area contributed by atoms with E-state index < -0.39 is 6.43 Å². The number of ether oxygens (including phenoxy) is 4. The molecule has 0 fully saturated rings. The topological polar surface area (TPSA) is 49.0 Å². The maximum Gasteiger partial charge on any atom is 0.267 e. The van der Waals surface area contributed by atoms with E-state index in [0.717, 1.165) is 22.6 Å². The fourth-order valence-corrected chi connectivity index (χ4v) is 2.93. The van der Waals surface area contributed by atoms with Gasteiger partial charge in [0.15, 0.2) is 11.5 Å². The molecule has 1 heterocycles. The molecule has 3 rings (SSSR count). The van der Waals surface area contributed by atoms with Gasteiger partial charge in [0.05, 0.1) is 19.8 Å². The van der Waals surface area contributed by atoms with Crippen molar-refractivity contribution in [3.8, 4) is 23.0 Å². The normalized spacial score (nSPS) is 12.5. The van der Waals surface area contributed by atoms with Crippen LogP contribution < -0.4 is 24.3 Å². The van der Waals surface area contributed by atoms with Gasteiger partial charge in [0.25, 0.3) is 6.43 Å². The van der Waals surface area contributed by atoms with E-state index in [-0.39, 0.29) is 18.1 Å². The fourth-order valence-electron chi connectivity index (χ4n) is 2.93. The van der Waals surface area contributed by atoms with E-state index in [2.05, 4.69) is 5.32 Å². The number of halogens is 2. The molecule has 7 heteroatoms. The maximum absolute atomic E-state index is 13.1. The van der Waals surface area contributed by atoms with Crippen molar-refractivity contribution < 1.29 is 27.7 Å². The highest BCUT2D eigenvalue weighted by atomic mass is 19.3. The third-order valence-corrected chi connectivity index (χ3v) is 4.23. The van der Waals surface area contributed by atoms with Crippen LogP contribution in [-0.4, -0.2) is 27.6 Å². The number of rotatable bonds is 8. The summed E-state index contributed by atoms with van der Waals surface area (Å²) in [6.07, 6.45) is -2.01. The Bertz CT molecular complexity index is 767. The van der Waals surface area contributed by atoms with Gasteiger partial charge in [-0.25, -0.2) is 8.78 Å². The molecule has 140 valence electrons. The molecule has 0 saturated heterocycles. The number of alkyl halides is 2. The summed E-state index contributed by atoms with van der Waals surface area (Å²) in [5, 5.41) is 3.33. The van der Waals surface area contributed by atoms with Crippen molar-refractivity contribution >= 4 is 0 Å². The lowest BCUT2D eigenvalue weighted by Crippen LogP contribution is -2.17. The lowest BCUT2D eigenvalue weighted by molar-refractivity contribution is 0.146. The van der Waals surface area contributed by atoms with Crippen LogP contribution in [0.3, 0.4) is 0 Å². The number of para-hydroxylation sites is 1. The second-order valence-electron chi connectivity index (χ2n) is 5.78. The SMILES string of the molecule is COc1cc(C(F)F)c(OC)cc1CCNCc1cccc2c1OCO2. The molecule has 0 aromatic heterocycles. The summed E-state index contributed by atoms with van der Waals surface area (Å²) in [5.41, 5.74) is 1.65. The molecule has 0 aliphatic carbocycles. The molecule has 0 unspecified atom stereocenters. The zero-order chi connectivity index (χ0) is 18.5. The Hall–Kier alpha value is -2.54. The van der Waals surface area contributed by atoms with Crippen LogP contribution in [0.5, 0.6) is 23.0 Å². The number of nitrogens with one attached hydrogen (secondary N) is 1. The van der Waals surface area contributed by atoms with E-state index in [1.165, 1.54) is 20.3 Å². The van der Waals surface area contributed by atoms with Crippen molar-refractivity contribution in [1.29, 1.82) is 0 Å². The smallest absolute Gasteiger partial charge is 0.267 e. The first-order valence-corrected chi connectivity index (χ1v) is 8.25. The Kier molecular flexibility index (Phi) is 5.78. The van der Waals surface area contributed by atoms with Gasteiger partial charge < -0.3 is 24.3 Å². The fraction of sp³-hybridized carbons (Fsp3) is 0.368. The summed E-state index contributed by atoms with van der Waals surface area (Å²) in [7, 11) is 2.85. The second-order valence-corrected chi connectivity index (χ2v) is 5.78. The molecular formula is C19H21F2NO4. The van der Waals surface area contributed by atoms with E-state index in [1.807, 2.05) is 18.2 Å². The lowest BCUT2D eigenvalue weighted by atomic mass is 10.1. The van der Waals surface area contributed by atoms with Gasteiger partial charge in [0, 0.05) is 12.1 Å². The Morgan fingerprint density at radius 2 is 1.88 bits per heavy atom. The van der Waals surface area contributed by atoms with Gasteiger partial charge >= 0.3 is 0 Å². The first kappa shape index (κ1) is 18.3. The van der Waals surface area contributed by atoms with Crippen LogP contribution in [0.15, 0.2) is 30.3 Å². The van der Waals surface area contributed by atoms with Crippen molar-refractivity contribution in [3.63, 3.8) is 0 Å². The third-order valence-electron chi connectivity index (χ3n) is 4.23. The standard InChI is InChI=1S/C19H21F2NO4/c1-23-16-9-14(19(20)21)17(24-2)8-12(16)6-7-22-10-13-4-3-5-15-18(13)26-11-25-15/h3-5,8-9,19,22H,6-7,10-11H2,1-2H3. The number of methoxy groups -OCH3 is 2. The van der Waals surface area contributed by atoms with Crippen molar-refractivity contribution in [2.24, 2.45) is 0 Å². The first-order chi connectivity index (χ1) is 12.6. The van der Waals surface area contributed by atoms with E-state index >= 15 is 0 Å². The van der Waals surface area contributed by atoms with Gasteiger partial charge in [-0.1, -0.05) is 12.1 Å². The van der Waals surface area contributed by atoms with Crippen LogP contribution in [0, 0.1) is 0 Å². The van der Waals surface area contributed by atoms with Gasteiger partial charge in [0.2, 0.25) is 6.79 Å². The molecule has 0 amide bonds. The molecule has 1 N–H and O–H groups in total. The summed E-state index contributed by atoms with van der Waals surface area (Å²) in [5.74, 6) is 2.11. The molecule has 0 saturated carbocycles. The molecule has 0 spiro atoms. The van der Waals surface area contributed by atoms with Gasteiger partial charge in [0.1, 0.15) is 11.5 Å². The average molecular weight is 365 g/mol. The van der Waals surface area contributed by atoms with Gasteiger partial charge in [-0.05, 0) is 36.7 Å². The second kappa shape index (κ2) is 8.23. The van der Waals surface area contributed by atoms with Crippen LogP contribution in [0.2, 0.25) is 0 Å². The quantitative estimate of drug-likeness (QED) is 0.723. The molecule has 2 aromatic rings. The van der Waals surface area contributed by atoms with E-state index in [4.69, 9.17) is 18.9 Å². The van der Waals surface area contributed by atoms with Crippen LogP contribution in [0.1, 0.15) is 23.1 Å². The highest BCUT2D eigenvalue weighted by molar-refractivity contribution is 5.48. The predicted molar refractivity (Wildman–Crippen MR) is 92.5 cm³/mol. The Balaban J connectivity index is 1.64. The van der Waals surface area contributed by atoms with Crippen molar-refractivity contribution in [2.75, 3.05) is 27.6 Å². The predicted octanol–water partition coefficient (Wildman–Crippen LogP) is 3.70. The number of benzene rings is 2. The van der Waals surface area contributed by atoms with Crippen LogP contribution in [0.4, 0.5) is 8.78 Å². The van der Waals surface area contributed by atoms with Gasteiger partial charge in [-0.3, -0.25) is 0 Å². The zero-order valence-corrected chi connectivity index (χ0v) is 14.7. The number of hydrogen-bond acceptors (Lipinski definition) is 5. The molecular weight excluding hydrogens is 344 g/mol. The van der Waals surface area contributed by atoms with E-state index in [1.54, 1.807) is 6.07 Å². The summed E-state index contributed by atoms with van der Waals surface area (Å²) in [4.78, 5) is 0. The lowest BCUT2D eigenvalue weighted by Gasteiger charge is -2.15. The minimum atomic E-state index is -2.62. The van der Waals surface area contributed by atoms with Crippen LogP contribution >= 0.6 is 0 Å². The maximum atomic E-state index is 13.1. The average Bonchev–Trinajstić information content (AvgIpc) is 3.13. The molecule has 0 radical (unpaired) electrons. The molecule has 26 heavy (non-hydrogen) atoms. The van der Waals surface area contributed by atoms with E-state index in [9.17, 15) is 8.78 Å². The minimum absolute atomic E-state index is 0.168. The monoisotopic (exact) mass is 365 g/mol. The molecule has 2 aromatic carbocycles. The molecule has 0 bridgehead atoms. The zero-order valence-electron chi connectivity index (χ0n) is 14.7. The number of fused-ring (bicyclic) bond motifs is 1. The summed E-state index contributed by atoms with van der Waals surface area (Å²) < 4.78 is 47.4. The Morgan fingerprint density at radius 3 is 2.62 bits per heavy atom. The highest BCUT2D eigenvalue weighted by Gasteiger charge is 2.19. The van der Waals surface area contributed by atoms with Crippen molar-refractivity contribution in [1.82, 2.24) is 5.32 Å². The first-order valence-electron chi connectivity index (χ1n) is 8.25. The molecule has 0 atom stereocenters. The summed E-state index contributed by atoms with van der Waals surface area (Å²) >= 11 is 0. The number of hydrogen-bond donors (Lipinski definition) is 1. The van der Waals surface area contributed by atoms with Gasteiger partial charge in [-0.15, -0.1) is 0 Å².